The van der Waals surface area contributed by atoms with E-state index < -0.39 is 26.4 Å². The zero-order valence-corrected chi connectivity index (χ0v) is 24.8. The monoisotopic (exact) mass is 614 g/mol. The minimum atomic E-state index is -4.66. The van der Waals surface area contributed by atoms with E-state index in [0.29, 0.717) is 10.5 Å². The summed E-state index contributed by atoms with van der Waals surface area (Å²) in [4.78, 5) is 0. The first-order chi connectivity index (χ1) is 19.8. The number of hydrogen-bond acceptors (Lipinski definition) is 6. The van der Waals surface area contributed by atoms with E-state index in [2.05, 4.69) is 31.0 Å². The maximum absolute atomic E-state index is 12.4. The molecule has 1 aliphatic rings. The second-order valence-electron chi connectivity index (χ2n) is 8.75. The zero-order valence-electron chi connectivity index (χ0n) is 23.2. The topological polar surface area (TPSA) is 124 Å². The summed E-state index contributed by atoms with van der Waals surface area (Å²) in [7, 11) is -9.05. The number of halogens is 2. The van der Waals surface area contributed by atoms with Gasteiger partial charge in [0.25, 0.3) is 0 Å². The van der Waals surface area contributed by atoms with E-state index in [4.69, 9.17) is 11.0 Å². The van der Waals surface area contributed by atoms with Crippen molar-refractivity contribution in [2.24, 2.45) is 5.73 Å². The molecule has 12 heteroatoms. The number of hydrogen-bond donors (Lipinski definition) is 1. The van der Waals surface area contributed by atoms with Gasteiger partial charge in [-0.1, -0.05) is 95.5 Å². The van der Waals surface area contributed by atoms with Gasteiger partial charge in [-0.3, -0.25) is 0 Å². The van der Waals surface area contributed by atoms with E-state index in [1.807, 2.05) is 60.7 Å². The van der Waals surface area contributed by atoms with Gasteiger partial charge >= 0.3 is 20.6 Å². The van der Waals surface area contributed by atoms with Gasteiger partial charge in [0.1, 0.15) is 6.21 Å². The molecule has 222 valence electrons. The molecule has 4 aromatic rings. The summed E-state index contributed by atoms with van der Waals surface area (Å²) in [6, 6.07) is 29.6. The van der Waals surface area contributed by atoms with Crippen LogP contribution in [-0.2, 0) is 33.6 Å². The van der Waals surface area contributed by atoms with Gasteiger partial charge in [0.2, 0.25) is 6.17 Å². The maximum atomic E-state index is 12.4. The molecule has 0 saturated heterocycles. The molecule has 0 saturated carbocycles. The van der Waals surface area contributed by atoms with E-state index in [1.54, 1.807) is 6.07 Å². The Labute approximate surface area is 246 Å². The number of aryl methyl sites for hydroxylation is 1. The van der Waals surface area contributed by atoms with Gasteiger partial charge in [0, 0.05) is 20.0 Å². The average molecular weight is 615 g/mol. The minimum absolute atomic E-state index is 0.209. The van der Waals surface area contributed by atoms with Crippen LogP contribution in [0.25, 0.3) is 21.5 Å². The summed E-state index contributed by atoms with van der Waals surface area (Å²) in [6.45, 7) is 8.26. The average Bonchev–Trinajstić information content (AvgIpc) is 3.30. The van der Waals surface area contributed by atoms with Crippen LogP contribution in [0.2, 0.25) is 0 Å². The van der Waals surface area contributed by atoms with Crippen molar-refractivity contribution < 1.29 is 33.2 Å². The van der Waals surface area contributed by atoms with Crippen LogP contribution in [0.4, 0.5) is 7.77 Å². The Morgan fingerprint density at radius 3 is 1.74 bits per heavy atom. The van der Waals surface area contributed by atoms with Crippen molar-refractivity contribution in [3.8, 4) is 6.07 Å². The van der Waals surface area contributed by atoms with E-state index in [-0.39, 0.29) is 12.6 Å². The third-order valence-corrected chi connectivity index (χ3v) is 7.49. The Kier molecular flexibility index (Phi) is 12.6. The van der Waals surface area contributed by atoms with Gasteiger partial charge in [-0.05, 0) is 46.0 Å². The fraction of sp³-hybridized carbons (Fsp3) is 0.167. The fourth-order valence-corrected chi connectivity index (χ4v) is 5.01. The normalized spacial score (nSPS) is 12.4. The molecule has 1 heterocycles. The molecule has 0 atom stereocenters. The minimum Gasteiger partial charge on any atom is -0.434 e. The van der Waals surface area contributed by atoms with Gasteiger partial charge in [-0.15, -0.1) is 16.3 Å². The Hall–Kier alpha value is -4.31. The van der Waals surface area contributed by atoms with Gasteiger partial charge in [0.05, 0.1) is 11.8 Å². The molecule has 0 aromatic heterocycles. The smallest absolute Gasteiger partial charge is 0.434 e. The predicted octanol–water partition coefficient (Wildman–Crippen LogP) is 5.19. The van der Waals surface area contributed by atoms with E-state index >= 15 is 0 Å². The first-order valence-corrected chi connectivity index (χ1v) is 15.4. The molecule has 0 aliphatic carbocycles. The van der Waals surface area contributed by atoms with Crippen molar-refractivity contribution in [1.29, 1.82) is 5.26 Å². The third kappa shape index (κ3) is 10.3. The molecule has 0 fully saturated rings. The van der Waals surface area contributed by atoms with Crippen molar-refractivity contribution in [3.05, 3.63) is 109 Å². The molecule has 0 unspecified atom stereocenters. The molecule has 8 nitrogen and oxygen atoms in total. The summed E-state index contributed by atoms with van der Waals surface area (Å²) in [5, 5.41) is 11.9. The third-order valence-electron chi connectivity index (χ3n) is 5.95. The highest BCUT2D eigenvalue weighted by atomic mass is 32.3. The molecule has 2 N–H and O–H groups in total. The highest BCUT2D eigenvalue weighted by molar-refractivity contribution is 7.86. The lowest BCUT2D eigenvalue weighted by Gasteiger charge is -2.08. The first kappa shape index (κ1) is 33.9. The quantitative estimate of drug-likeness (QED) is 0.187. The second kappa shape index (κ2) is 15.6. The summed E-state index contributed by atoms with van der Waals surface area (Å²) in [6.07, 6.45) is 1.52. The zero-order chi connectivity index (χ0) is 31.3. The highest BCUT2D eigenvalue weighted by Gasteiger charge is 2.31. The number of nitrogens with zero attached hydrogens (tertiary/aromatic N) is 3. The Morgan fingerprint density at radius 1 is 0.881 bits per heavy atom. The van der Waals surface area contributed by atoms with Crippen LogP contribution in [0, 0.1) is 24.0 Å². The predicted molar refractivity (Wildman–Crippen MR) is 163 cm³/mol. The van der Waals surface area contributed by atoms with Crippen LogP contribution in [0.1, 0.15) is 25.0 Å². The molecular formula is C30H32F2N4O4S2. The van der Waals surface area contributed by atoms with E-state index in [1.165, 1.54) is 41.3 Å². The second-order valence-corrected chi connectivity index (χ2v) is 11.5. The van der Waals surface area contributed by atoms with Crippen molar-refractivity contribution >= 4 is 55.1 Å². The van der Waals surface area contributed by atoms with Crippen LogP contribution in [0.15, 0.2) is 84.9 Å². The molecule has 5 rings (SSSR count). The molecule has 0 amide bonds. The first-order valence-electron chi connectivity index (χ1n) is 12.5. The fourth-order valence-electron chi connectivity index (χ4n) is 3.93. The summed E-state index contributed by atoms with van der Waals surface area (Å²) >= 11 is 0. The van der Waals surface area contributed by atoms with Crippen molar-refractivity contribution in [3.63, 3.8) is 0 Å². The lowest BCUT2D eigenvalue weighted by molar-refractivity contribution is -0.585. The van der Waals surface area contributed by atoms with Gasteiger partial charge < -0.3 is 10.3 Å². The standard InChI is InChI=1S/C12H11FO2S.C11H11N.C5H7FN2O2S.C2H3N/c13-16(14,15)9-8-11-6-3-5-10-4-1-2-7-12(10)11;12-8-10-6-3-5-9-4-1-2-7-11(9)10;1-5-7(2)3-4-8(5)11(6,9)10;1-2-3/h1-7H,8-9H2;1-7H,8,12H2;3-4H,2H2,1H3;1H3. The maximum Gasteiger partial charge on any atom is 0.536 e. The Morgan fingerprint density at radius 2 is 1.33 bits per heavy atom. The Bertz CT molecular complexity index is 1810. The van der Waals surface area contributed by atoms with Crippen molar-refractivity contribution in [2.45, 2.75) is 26.8 Å². The van der Waals surface area contributed by atoms with Crippen molar-refractivity contribution in [1.82, 2.24) is 0 Å². The molecule has 0 spiro atoms. The molecule has 4 aromatic carbocycles. The van der Waals surface area contributed by atoms with Gasteiger partial charge in [-0.25, -0.2) is 0 Å². The lowest BCUT2D eigenvalue weighted by Crippen LogP contribution is -2.20. The van der Waals surface area contributed by atoms with E-state index in [0.717, 1.165) is 22.6 Å². The van der Waals surface area contributed by atoms with Crippen LogP contribution >= 0.6 is 0 Å². The number of nitriles is 1. The molecule has 0 bridgehead atoms. The molecule has 0 radical (unpaired) electrons. The van der Waals surface area contributed by atoms with E-state index in [9.17, 15) is 24.6 Å². The molecule has 1 aliphatic heterocycles. The van der Waals surface area contributed by atoms with Crippen LogP contribution in [0.3, 0.4) is 0 Å². The van der Waals surface area contributed by atoms with Crippen LogP contribution in [0.5, 0.6) is 0 Å². The number of nitrogens with two attached hydrogens (primary N) is 1. The number of fused-ring (bicyclic) bond motifs is 2. The van der Waals surface area contributed by atoms with Crippen LogP contribution in [-0.4, -0.2) is 44.1 Å². The molecule has 42 heavy (non-hydrogen) atoms. The summed E-state index contributed by atoms with van der Waals surface area (Å²) in [5.74, 6) is -0.457. The summed E-state index contributed by atoms with van der Waals surface area (Å²) < 4.78 is 68.1. The molecular weight excluding hydrogens is 582 g/mol. The number of rotatable bonds is 5. The lowest BCUT2D eigenvalue weighted by atomic mass is 10.0. The van der Waals surface area contributed by atoms with Crippen molar-refractivity contribution in [2.75, 3.05) is 5.75 Å². The van der Waals surface area contributed by atoms with Gasteiger partial charge in [-0.2, -0.15) is 13.7 Å². The summed E-state index contributed by atoms with van der Waals surface area (Å²) in [5.41, 5.74) is 7.69. The Balaban J connectivity index is 0.000000214. The number of benzene rings is 4. The SMILES string of the molecule is C=[N+]1[CH-]C=[N+](S(=O)(=O)F)[C-]1C.CC#N.NCc1cccc2ccccc12.O=S(=O)(F)CCc1cccc2ccccc12. The highest BCUT2D eigenvalue weighted by Crippen LogP contribution is 2.20. The largest absolute Gasteiger partial charge is 0.536 e. The van der Waals surface area contributed by atoms with Gasteiger partial charge in [0.15, 0.2) is 0 Å². The van der Waals surface area contributed by atoms with Crippen LogP contribution < -0.4 is 5.73 Å².